The fourth-order valence-electron chi connectivity index (χ4n) is 5.88. The van der Waals surface area contributed by atoms with E-state index in [1.165, 1.54) is 12.1 Å². The zero-order chi connectivity index (χ0) is 25.6. The maximum Gasteiger partial charge on any atom is 0.248 e. The van der Waals surface area contributed by atoms with Crippen molar-refractivity contribution in [3.05, 3.63) is 71.5 Å². The lowest BCUT2D eigenvalue weighted by Crippen LogP contribution is -2.49. The van der Waals surface area contributed by atoms with Crippen molar-refractivity contribution in [3.8, 4) is 0 Å². The first-order valence-corrected chi connectivity index (χ1v) is 13.6. The molecule has 2 aromatic carbocycles. The van der Waals surface area contributed by atoms with Crippen molar-refractivity contribution in [2.75, 3.05) is 32.8 Å². The number of amides is 1. The van der Waals surface area contributed by atoms with Crippen LogP contribution >= 0.6 is 0 Å². The highest BCUT2D eigenvalue weighted by molar-refractivity contribution is 5.98. The highest BCUT2D eigenvalue weighted by atomic mass is 19.1. The maximum absolute atomic E-state index is 13.5. The number of hydrazone groups is 1. The van der Waals surface area contributed by atoms with Gasteiger partial charge in [-0.25, -0.2) is 9.40 Å². The first-order chi connectivity index (χ1) is 18.1. The van der Waals surface area contributed by atoms with Crippen molar-refractivity contribution in [1.82, 2.24) is 9.91 Å². The Morgan fingerprint density at radius 3 is 2.49 bits per heavy atom. The van der Waals surface area contributed by atoms with Crippen LogP contribution < -0.4 is 0 Å². The summed E-state index contributed by atoms with van der Waals surface area (Å²) in [6.07, 6.45) is 5.78. The molecule has 2 heterocycles. The molecule has 1 saturated heterocycles. The second-order valence-corrected chi connectivity index (χ2v) is 10.5. The molecule has 0 aromatic heterocycles. The molecule has 0 radical (unpaired) electrons. The Morgan fingerprint density at radius 1 is 0.973 bits per heavy atom. The number of nitrogens with zero attached hydrogens (tertiary/aromatic N) is 3. The van der Waals surface area contributed by atoms with E-state index in [0.717, 1.165) is 69.4 Å². The molecule has 5 rings (SSSR count). The Balaban J connectivity index is 1.14. The number of piperidine rings is 1. The van der Waals surface area contributed by atoms with E-state index in [-0.39, 0.29) is 35.3 Å². The van der Waals surface area contributed by atoms with Crippen LogP contribution in [-0.4, -0.2) is 60.1 Å². The zero-order valence-corrected chi connectivity index (χ0v) is 21.4. The minimum absolute atomic E-state index is 0.0345. The molecular formula is C30H36FN3O3. The third kappa shape index (κ3) is 6.33. The third-order valence-electron chi connectivity index (χ3n) is 8.06. The molecule has 0 spiro atoms. The number of rotatable bonds is 9. The molecular weight excluding hydrogens is 469 g/mol. The number of halogens is 1. The summed E-state index contributed by atoms with van der Waals surface area (Å²) >= 11 is 0. The van der Waals surface area contributed by atoms with Gasteiger partial charge in [0, 0.05) is 29.7 Å². The molecule has 0 bridgehead atoms. The number of fused-ring (bicyclic) bond motifs is 1. The van der Waals surface area contributed by atoms with Crippen LogP contribution in [0.5, 0.6) is 0 Å². The molecule has 196 valence electrons. The smallest absolute Gasteiger partial charge is 0.248 e. The van der Waals surface area contributed by atoms with Crippen LogP contribution in [0, 0.1) is 23.6 Å². The van der Waals surface area contributed by atoms with Gasteiger partial charge in [0.15, 0.2) is 5.78 Å². The summed E-state index contributed by atoms with van der Waals surface area (Å²) < 4.78 is 19.2. The van der Waals surface area contributed by atoms with Crippen molar-refractivity contribution in [2.45, 2.75) is 45.1 Å². The van der Waals surface area contributed by atoms with Crippen LogP contribution in [0.15, 0.2) is 59.7 Å². The molecule has 37 heavy (non-hydrogen) atoms. The Morgan fingerprint density at radius 2 is 1.73 bits per heavy atom. The average molecular weight is 506 g/mol. The normalized spacial score (nSPS) is 23.0. The molecule has 1 saturated carbocycles. The summed E-state index contributed by atoms with van der Waals surface area (Å²) in [4.78, 5) is 28.6. The number of carbonyl (C=O) groups is 2. The summed E-state index contributed by atoms with van der Waals surface area (Å²) in [6, 6.07) is 15.9. The second-order valence-electron chi connectivity index (χ2n) is 10.5. The number of hydrogen-bond donors (Lipinski definition) is 0. The van der Waals surface area contributed by atoms with Crippen LogP contribution in [0.3, 0.4) is 0 Å². The van der Waals surface area contributed by atoms with Crippen LogP contribution in [0.4, 0.5) is 4.39 Å². The lowest BCUT2D eigenvalue weighted by molar-refractivity contribution is -0.141. The van der Waals surface area contributed by atoms with E-state index in [0.29, 0.717) is 25.3 Å². The van der Waals surface area contributed by atoms with Crippen molar-refractivity contribution in [1.29, 1.82) is 0 Å². The van der Waals surface area contributed by atoms with Crippen molar-refractivity contribution < 1.29 is 18.7 Å². The number of Topliss-reactive ketones (excluding diaryl/α,β-unsaturated/α-hetero) is 1. The van der Waals surface area contributed by atoms with E-state index in [1.54, 1.807) is 17.1 Å². The molecule has 3 aliphatic rings. The Bertz CT molecular complexity index is 1100. The number of ether oxygens (including phenoxy) is 1. The van der Waals surface area contributed by atoms with Gasteiger partial charge in [-0.1, -0.05) is 36.8 Å². The van der Waals surface area contributed by atoms with E-state index in [1.807, 2.05) is 30.3 Å². The van der Waals surface area contributed by atoms with Crippen molar-refractivity contribution >= 4 is 17.4 Å². The average Bonchev–Trinajstić information content (AvgIpc) is 2.94. The second kappa shape index (κ2) is 12.1. The minimum Gasteiger partial charge on any atom is -0.376 e. The number of carbonyl (C=O) groups excluding carboxylic acids is 2. The van der Waals surface area contributed by atoms with Crippen LogP contribution in [0.2, 0.25) is 0 Å². The maximum atomic E-state index is 13.5. The number of benzene rings is 2. The number of ketones is 1. The monoisotopic (exact) mass is 505 g/mol. The quantitative estimate of drug-likeness (QED) is 0.453. The first-order valence-electron chi connectivity index (χ1n) is 13.6. The highest BCUT2D eigenvalue weighted by Crippen LogP contribution is 2.34. The molecule has 2 aliphatic heterocycles. The molecule has 1 aliphatic carbocycles. The number of hydrogen-bond acceptors (Lipinski definition) is 5. The summed E-state index contributed by atoms with van der Waals surface area (Å²) in [5.41, 5.74) is 2.85. The molecule has 2 atom stereocenters. The van der Waals surface area contributed by atoms with E-state index in [4.69, 9.17) is 9.84 Å². The van der Waals surface area contributed by atoms with Gasteiger partial charge in [0.2, 0.25) is 5.91 Å². The molecule has 2 fully saturated rings. The predicted molar refractivity (Wildman–Crippen MR) is 141 cm³/mol. The van der Waals surface area contributed by atoms with Crippen molar-refractivity contribution in [3.63, 3.8) is 0 Å². The Labute approximate surface area is 218 Å². The van der Waals surface area contributed by atoms with Gasteiger partial charge < -0.3 is 9.64 Å². The van der Waals surface area contributed by atoms with E-state index in [2.05, 4.69) is 4.90 Å². The fraction of sp³-hybridized carbons (Fsp3) is 0.500. The zero-order valence-electron chi connectivity index (χ0n) is 21.4. The Hall–Kier alpha value is -2.90. The molecule has 2 aromatic rings. The highest BCUT2D eigenvalue weighted by Gasteiger charge is 2.40. The van der Waals surface area contributed by atoms with Crippen molar-refractivity contribution in [2.24, 2.45) is 22.9 Å². The summed E-state index contributed by atoms with van der Waals surface area (Å²) in [7, 11) is 0. The van der Waals surface area contributed by atoms with Gasteiger partial charge in [-0.3, -0.25) is 9.59 Å². The summed E-state index contributed by atoms with van der Waals surface area (Å²) in [5, 5.41) is 6.49. The topological polar surface area (TPSA) is 62.2 Å². The van der Waals surface area contributed by atoms with Crippen LogP contribution in [-0.2, 0) is 16.1 Å². The van der Waals surface area contributed by atoms with Crippen LogP contribution in [0.25, 0.3) is 0 Å². The number of likely N-dealkylation sites (tertiary alicyclic amines) is 1. The lowest BCUT2D eigenvalue weighted by Gasteiger charge is -2.39. The van der Waals surface area contributed by atoms with Gasteiger partial charge in [0.05, 0.1) is 25.7 Å². The lowest BCUT2D eigenvalue weighted by atomic mass is 9.77. The van der Waals surface area contributed by atoms with Crippen LogP contribution in [0.1, 0.15) is 54.4 Å². The van der Waals surface area contributed by atoms with E-state index >= 15 is 0 Å². The largest absolute Gasteiger partial charge is 0.376 e. The predicted octanol–water partition coefficient (Wildman–Crippen LogP) is 4.94. The van der Waals surface area contributed by atoms with Gasteiger partial charge in [-0.15, -0.1) is 0 Å². The molecule has 6 nitrogen and oxygen atoms in total. The van der Waals surface area contributed by atoms with E-state index < -0.39 is 0 Å². The van der Waals surface area contributed by atoms with E-state index in [9.17, 15) is 14.0 Å². The molecule has 0 N–H and O–H groups in total. The minimum atomic E-state index is -0.327. The molecule has 1 amide bonds. The van der Waals surface area contributed by atoms with Gasteiger partial charge in [0.1, 0.15) is 5.82 Å². The first kappa shape index (κ1) is 25.7. The third-order valence-corrected chi connectivity index (χ3v) is 8.06. The fourth-order valence-corrected chi connectivity index (χ4v) is 5.88. The van der Waals surface area contributed by atoms with Gasteiger partial charge in [-0.2, -0.15) is 5.10 Å². The van der Waals surface area contributed by atoms with Gasteiger partial charge in [0.25, 0.3) is 0 Å². The summed E-state index contributed by atoms with van der Waals surface area (Å²) in [6.45, 7) is 3.84. The molecule has 7 heteroatoms. The van der Waals surface area contributed by atoms with Gasteiger partial charge >= 0.3 is 0 Å². The van der Waals surface area contributed by atoms with Gasteiger partial charge in [-0.05, 0) is 75.0 Å². The SMILES string of the molecule is O=C(c1ccc(F)cc1)C1CCN(CCN2N=C3CCCCC3C(COCc3ccccc3)C2=O)CC1. The molecule has 2 unspecified atom stereocenters. The summed E-state index contributed by atoms with van der Waals surface area (Å²) in [5.74, 6) is -0.166. The Kier molecular flexibility index (Phi) is 8.41. The standard InChI is InChI=1S/C30H36FN3O3/c31-25-12-10-23(11-13-25)29(35)24-14-16-33(17-15-24)18-19-34-30(36)27(26-8-4-5-9-28(26)32-34)21-37-20-22-6-2-1-3-7-22/h1-3,6-7,10-13,24,26-27H,4-5,8-9,14-21H2.